The molecule has 3 fully saturated rings. The van der Waals surface area contributed by atoms with Gasteiger partial charge in [0.05, 0.1) is 12.2 Å². The monoisotopic (exact) mass is 498 g/mol. The Bertz CT molecular complexity index is 841. The van der Waals surface area contributed by atoms with Crippen LogP contribution in [0.1, 0.15) is 88.7 Å². The van der Waals surface area contributed by atoms with Crippen molar-refractivity contribution in [1.82, 2.24) is 0 Å². The molecule has 2 heterocycles. The van der Waals surface area contributed by atoms with Gasteiger partial charge in [-0.25, -0.2) is 0 Å². The lowest BCUT2D eigenvalue weighted by atomic mass is 9.74. The van der Waals surface area contributed by atoms with Crippen LogP contribution in [0.25, 0.3) is 0 Å². The summed E-state index contributed by atoms with van der Waals surface area (Å²) in [5, 5.41) is 10.5. The van der Waals surface area contributed by atoms with Crippen LogP contribution < -0.4 is 0 Å². The van der Waals surface area contributed by atoms with Crippen molar-refractivity contribution in [3.05, 3.63) is 41.5 Å². The van der Waals surface area contributed by atoms with Gasteiger partial charge in [0.1, 0.15) is 5.75 Å². The number of unbranched alkanes of at least 4 members (excludes halogenated alkanes) is 2. The summed E-state index contributed by atoms with van der Waals surface area (Å²) in [6.07, 6.45) is 19.1. The minimum Gasteiger partial charge on any atom is -0.508 e. The third-order valence-corrected chi connectivity index (χ3v) is 8.80. The lowest BCUT2D eigenvalue weighted by Crippen LogP contribution is -2.32. The minimum absolute atomic E-state index is 0.0708. The van der Waals surface area contributed by atoms with Crippen molar-refractivity contribution < 1.29 is 24.1 Å². The molecule has 1 aromatic rings. The lowest BCUT2D eigenvalue weighted by Gasteiger charge is -2.32. The Kier molecular flexibility index (Phi) is 9.40. The Labute approximate surface area is 217 Å². The first-order valence-electron chi connectivity index (χ1n) is 14.7. The van der Waals surface area contributed by atoms with Crippen LogP contribution in [0.5, 0.6) is 5.75 Å². The van der Waals surface area contributed by atoms with Crippen LogP contribution in [0, 0.1) is 17.8 Å². The van der Waals surface area contributed by atoms with Gasteiger partial charge in [-0.2, -0.15) is 0 Å². The van der Waals surface area contributed by atoms with E-state index in [1.54, 1.807) is 0 Å². The molecule has 5 rings (SSSR count). The summed E-state index contributed by atoms with van der Waals surface area (Å²) in [7, 11) is 0. The van der Waals surface area contributed by atoms with E-state index in [4.69, 9.17) is 18.9 Å². The van der Waals surface area contributed by atoms with Gasteiger partial charge < -0.3 is 24.1 Å². The molecular formula is C31H46O5. The summed E-state index contributed by atoms with van der Waals surface area (Å²) >= 11 is 0. The van der Waals surface area contributed by atoms with E-state index >= 15 is 0 Å². The van der Waals surface area contributed by atoms with Gasteiger partial charge in [0.25, 0.3) is 0 Å². The highest BCUT2D eigenvalue weighted by atomic mass is 16.7. The van der Waals surface area contributed by atoms with E-state index in [0.717, 1.165) is 70.1 Å². The van der Waals surface area contributed by atoms with Gasteiger partial charge in [0, 0.05) is 19.1 Å². The molecule has 2 saturated heterocycles. The van der Waals surface area contributed by atoms with Crippen molar-refractivity contribution in [1.29, 1.82) is 0 Å². The van der Waals surface area contributed by atoms with Gasteiger partial charge in [-0.05, 0) is 93.2 Å². The second-order valence-corrected chi connectivity index (χ2v) is 11.4. The van der Waals surface area contributed by atoms with E-state index < -0.39 is 0 Å². The van der Waals surface area contributed by atoms with Gasteiger partial charge in [0.2, 0.25) is 0 Å². The first-order valence-corrected chi connectivity index (χ1v) is 14.7. The van der Waals surface area contributed by atoms with E-state index in [1.807, 2.05) is 12.1 Å². The standard InChI is InChI=1S/C31H46O5/c1-2-3-4-11-24(35-30-13-5-7-17-33-30)15-16-25-26-19-22-10-9-12-28(32)27(22)20-23(26)21-29(25)36-31-14-6-8-18-34-31/h9-10,12,15-16,23-26,29-32H,2-8,11,13-14,17-21H2,1H3/b16-15+/t23-,24-,25+,26-,29+,30-,31+/m0/s1. The van der Waals surface area contributed by atoms with Gasteiger partial charge in [0.15, 0.2) is 12.6 Å². The van der Waals surface area contributed by atoms with Crippen molar-refractivity contribution >= 4 is 0 Å². The quantitative estimate of drug-likeness (QED) is 0.287. The van der Waals surface area contributed by atoms with Crippen molar-refractivity contribution in [2.24, 2.45) is 17.8 Å². The molecule has 1 aromatic carbocycles. The molecule has 0 spiro atoms. The summed E-state index contributed by atoms with van der Waals surface area (Å²) in [5.41, 5.74) is 2.45. The topological polar surface area (TPSA) is 57.2 Å². The molecule has 4 aliphatic rings. The normalized spacial score (nSPS) is 33.4. The summed E-state index contributed by atoms with van der Waals surface area (Å²) in [6, 6.07) is 6.02. The van der Waals surface area contributed by atoms with Crippen LogP contribution >= 0.6 is 0 Å². The maximum atomic E-state index is 10.5. The zero-order valence-electron chi connectivity index (χ0n) is 22.1. The van der Waals surface area contributed by atoms with Crippen molar-refractivity contribution in [3.63, 3.8) is 0 Å². The Hall–Kier alpha value is -1.40. The highest BCUT2D eigenvalue weighted by molar-refractivity contribution is 5.42. The second kappa shape index (κ2) is 12.9. The fourth-order valence-corrected chi connectivity index (χ4v) is 6.82. The number of ether oxygens (including phenoxy) is 4. The Morgan fingerprint density at radius 3 is 2.58 bits per heavy atom. The number of phenolic OH excluding ortho intramolecular Hbond substituents is 1. The second-order valence-electron chi connectivity index (χ2n) is 11.4. The molecule has 200 valence electrons. The molecule has 7 atom stereocenters. The first kappa shape index (κ1) is 26.2. The molecule has 0 unspecified atom stereocenters. The molecule has 5 nitrogen and oxygen atoms in total. The van der Waals surface area contributed by atoms with Gasteiger partial charge >= 0.3 is 0 Å². The number of aromatic hydroxyl groups is 1. The average Bonchev–Trinajstić information content (AvgIpc) is 3.23. The smallest absolute Gasteiger partial charge is 0.158 e. The molecule has 1 saturated carbocycles. The predicted molar refractivity (Wildman–Crippen MR) is 141 cm³/mol. The van der Waals surface area contributed by atoms with Gasteiger partial charge in [-0.1, -0.05) is 50.5 Å². The van der Waals surface area contributed by atoms with Crippen LogP contribution in [0.4, 0.5) is 0 Å². The van der Waals surface area contributed by atoms with Gasteiger partial charge in [-0.3, -0.25) is 0 Å². The molecule has 0 radical (unpaired) electrons. The summed E-state index contributed by atoms with van der Waals surface area (Å²) in [5.74, 6) is 1.83. The zero-order valence-corrected chi connectivity index (χ0v) is 22.1. The number of hydrogen-bond donors (Lipinski definition) is 1. The third-order valence-electron chi connectivity index (χ3n) is 8.80. The van der Waals surface area contributed by atoms with Crippen LogP contribution in [0.15, 0.2) is 30.4 Å². The Morgan fingerprint density at radius 1 is 1.03 bits per heavy atom. The summed E-state index contributed by atoms with van der Waals surface area (Å²) < 4.78 is 25.1. The molecular weight excluding hydrogens is 452 g/mol. The highest BCUT2D eigenvalue weighted by Gasteiger charge is 2.46. The fourth-order valence-electron chi connectivity index (χ4n) is 6.82. The lowest BCUT2D eigenvalue weighted by molar-refractivity contribution is -0.193. The number of phenols is 1. The van der Waals surface area contributed by atoms with E-state index in [2.05, 4.69) is 25.1 Å². The number of benzene rings is 1. The summed E-state index contributed by atoms with van der Waals surface area (Å²) in [4.78, 5) is 0. The third kappa shape index (κ3) is 6.53. The minimum atomic E-state index is -0.0807. The molecule has 5 heteroatoms. The summed E-state index contributed by atoms with van der Waals surface area (Å²) in [6.45, 7) is 3.87. The molecule has 0 aromatic heterocycles. The number of hydrogen-bond acceptors (Lipinski definition) is 5. The Balaban J connectivity index is 1.33. The largest absolute Gasteiger partial charge is 0.508 e. The molecule has 2 aliphatic carbocycles. The van der Waals surface area contributed by atoms with Crippen LogP contribution in [-0.4, -0.2) is 43.1 Å². The molecule has 0 bridgehead atoms. The van der Waals surface area contributed by atoms with E-state index in [-0.39, 0.29) is 24.8 Å². The SMILES string of the molecule is CCCCC[C@@H](/C=C/[C@@H]1[C@H]2Cc3cccc(O)c3C[C@H]2C[C@H]1O[C@@H]1CCCCO1)O[C@H]1CCCCO1. The van der Waals surface area contributed by atoms with Crippen LogP contribution in [0.2, 0.25) is 0 Å². The predicted octanol–water partition coefficient (Wildman–Crippen LogP) is 6.70. The maximum Gasteiger partial charge on any atom is 0.158 e. The number of rotatable bonds is 10. The maximum absolute atomic E-state index is 10.5. The van der Waals surface area contributed by atoms with Crippen molar-refractivity contribution in [2.75, 3.05) is 13.2 Å². The molecule has 0 amide bonds. The van der Waals surface area contributed by atoms with Crippen LogP contribution in [0.3, 0.4) is 0 Å². The zero-order chi connectivity index (χ0) is 24.7. The fraction of sp³-hybridized carbons (Fsp3) is 0.742. The molecule has 2 aliphatic heterocycles. The van der Waals surface area contributed by atoms with Crippen molar-refractivity contribution in [3.8, 4) is 5.75 Å². The number of fused-ring (bicyclic) bond motifs is 2. The average molecular weight is 499 g/mol. The van der Waals surface area contributed by atoms with Crippen molar-refractivity contribution in [2.45, 2.75) is 115 Å². The van der Waals surface area contributed by atoms with E-state index in [9.17, 15) is 5.11 Å². The van der Waals surface area contributed by atoms with E-state index in [1.165, 1.54) is 37.7 Å². The first-order chi connectivity index (χ1) is 17.7. The molecule has 36 heavy (non-hydrogen) atoms. The Morgan fingerprint density at radius 2 is 1.83 bits per heavy atom. The van der Waals surface area contributed by atoms with Gasteiger partial charge in [-0.15, -0.1) is 0 Å². The molecule has 1 N–H and O–H groups in total. The highest BCUT2D eigenvalue weighted by Crippen LogP contribution is 2.48. The van der Waals surface area contributed by atoms with E-state index in [0.29, 0.717) is 23.5 Å². The van der Waals surface area contributed by atoms with Crippen LogP contribution in [-0.2, 0) is 31.8 Å².